The van der Waals surface area contributed by atoms with E-state index < -0.39 is 10.0 Å². The number of aromatic nitrogens is 1. The van der Waals surface area contributed by atoms with E-state index in [2.05, 4.69) is 15.0 Å². The van der Waals surface area contributed by atoms with Crippen molar-refractivity contribution in [2.24, 2.45) is 0 Å². The molecule has 162 valence electrons. The summed E-state index contributed by atoms with van der Waals surface area (Å²) in [5, 5.41) is 4.29. The zero-order valence-electron chi connectivity index (χ0n) is 17.5. The molecule has 1 heterocycles. The van der Waals surface area contributed by atoms with Crippen molar-refractivity contribution in [2.45, 2.75) is 24.3 Å². The number of rotatable bonds is 7. The van der Waals surface area contributed by atoms with Crippen molar-refractivity contribution < 1.29 is 13.2 Å². The van der Waals surface area contributed by atoms with Crippen LogP contribution in [-0.2, 0) is 10.0 Å². The molecule has 0 spiro atoms. The van der Waals surface area contributed by atoms with Gasteiger partial charge in [-0.3, -0.25) is 14.5 Å². The fourth-order valence-electron chi connectivity index (χ4n) is 3.64. The van der Waals surface area contributed by atoms with Crippen LogP contribution in [0.1, 0.15) is 35.3 Å². The predicted molar refractivity (Wildman–Crippen MR) is 126 cm³/mol. The zero-order chi connectivity index (χ0) is 22.6. The fourth-order valence-corrected chi connectivity index (χ4v) is 4.95. The average molecular weight is 446 g/mol. The van der Waals surface area contributed by atoms with E-state index in [-0.39, 0.29) is 28.1 Å². The molecule has 0 radical (unpaired) electrons. The molecule has 2 N–H and O–H groups in total. The number of pyridine rings is 1. The number of para-hydroxylation sites is 1. The maximum atomic E-state index is 13.2. The van der Waals surface area contributed by atoms with E-state index >= 15 is 0 Å². The van der Waals surface area contributed by atoms with E-state index in [0.29, 0.717) is 11.8 Å². The standard InChI is InChI=1S/C25H23N3O3S/c1-2-22(18-9-4-3-5-10-18)27-25(29)21-12-6-7-13-23(21)28-32(30,31)24-14-8-11-19-17-26-16-15-20(19)24/h3-17,22,28H,2H2,1H3,(H,27,29). The molecule has 0 bridgehead atoms. The molecule has 1 aromatic heterocycles. The molecule has 0 fully saturated rings. The van der Waals surface area contributed by atoms with Gasteiger partial charge in [-0.2, -0.15) is 0 Å². The quantitative estimate of drug-likeness (QED) is 0.423. The first kappa shape index (κ1) is 21.5. The number of amides is 1. The van der Waals surface area contributed by atoms with Gasteiger partial charge in [-0.15, -0.1) is 0 Å². The van der Waals surface area contributed by atoms with Crippen molar-refractivity contribution >= 4 is 32.4 Å². The smallest absolute Gasteiger partial charge is 0.262 e. The number of carbonyl (C=O) groups excluding carboxylic acids is 1. The summed E-state index contributed by atoms with van der Waals surface area (Å²) in [5.74, 6) is -0.346. The van der Waals surface area contributed by atoms with Crippen LogP contribution >= 0.6 is 0 Å². The van der Waals surface area contributed by atoms with E-state index in [4.69, 9.17) is 0 Å². The number of fused-ring (bicyclic) bond motifs is 1. The van der Waals surface area contributed by atoms with Gasteiger partial charge in [-0.25, -0.2) is 8.42 Å². The molecule has 1 unspecified atom stereocenters. The molecule has 0 aliphatic carbocycles. The predicted octanol–water partition coefficient (Wildman–Crippen LogP) is 4.92. The topological polar surface area (TPSA) is 88.2 Å². The second-order valence-electron chi connectivity index (χ2n) is 7.35. The van der Waals surface area contributed by atoms with Crippen LogP contribution in [-0.4, -0.2) is 19.3 Å². The van der Waals surface area contributed by atoms with Crippen LogP contribution in [0.15, 0.2) is 96.2 Å². The first-order valence-electron chi connectivity index (χ1n) is 10.3. The van der Waals surface area contributed by atoms with Gasteiger partial charge < -0.3 is 5.32 Å². The van der Waals surface area contributed by atoms with Gasteiger partial charge in [0.05, 0.1) is 22.2 Å². The van der Waals surface area contributed by atoms with Gasteiger partial charge in [-0.1, -0.05) is 61.5 Å². The van der Waals surface area contributed by atoms with Crippen LogP contribution in [0.3, 0.4) is 0 Å². The summed E-state index contributed by atoms with van der Waals surface area (Å²) in [6.45, 7) is 1.99. The summed E-state index contributed by atoms with van der Waals surface area (Å²) in [4.78, 5) is 17.3. The van der Waals surface area contributed by atoms with Crippen molar-refractivity contribution in [3.63, 3.8) is 0 Å². The lowest BCUT2D eigenvalue weighted by molar-refractivity contribution is 0.0936. The van der Waals surface area contributed by atoms with Gasteiger partial charge in [0.25, 0.3) is 15.9 Å². The zero-order valence-corrected chi connectivity index (χ0v) is 18.3. The summed E-state index contributed by atoms with van der Waals surface area (Å²) >= 11 is 0. The highest BCUT2D eigenvalue weighted by molar-refractivity contribution is 7.93. The molecule has 32 heavy (non-hydrogen) atoms. The van der Waals surface area contributed by atoms with Crippen molar-refractivity contribution in [1.82, 2.24) is 10.3 Å². The molecule has 0 aliphatic rings. The van der Waals surface area contributed by atoms with Crippen molar-refractivity contribution in [2.75, 3.05) is 4.72 Å². The third kappa shape index (κ3) is 4.48. The summed E-state index contributed by atoms with van der Waals surface area (Å²) in [7, 11) is -3.94. The van der Waals surface area contributed by atoms with E-state index in [1.807, 2.05) is 37.3 Å². The van der Waals surface area contributed by atoms with Crippen molar-refractivity contribution in [3.05, 3.63) is 102 Å². The Labute approximate surface area is 187 Å². The second-order valence-corrected chi connectivity index (χ2v) is 9.00. The molecule has 3 aromatic carbocycles. The molecule has 1 atom stereocenters. The van der Waals surface area contributed by atoms with Gasteiger partial charge >= 0.3 is 0 Å². The number of sulfonamides is 1. The Morgan fingerprint density at radius 1 is 0.938 bits per heavy atom. The molecule has 0 saturated heterocycles. The third-order valence-electron chi connectivity index (χ3n) is 5.26. The maximum Gasteiger partial charge on any atom is 0.262 e. The van der Waals surface area contributed by atoms with Gasteiger partial charge in [-0.05, 0) is 36.2 Å². The molecule has 4 aromatic rings. The fraction of sp³-hybridized carbons (Fsp3) is 0.120. The first-order chi connectivity index (χ1) is 15.5. The summed E-state index contributed by atoms with van der Waals surface area (Å²) in [5.41, 5.74) is 1.47. The summed E-state index contributed by atoms with van der Waals surface area (Å²) in [6.07, 6.45) is 3.87. The lowest BCUT2D eigenvalue weighted by atomic mass is 10.0. The molecule has 6 nitrogen and oxygen atoms in total. The molecule has 7 heteroatoms. The van der Waals surface area contributed by atoms with E-state index in [9.17, 15) is 13.2 Å². The Bertz CT molecular complexity index is 1350. The van der Waals surface area contributed by atoms with Crippen LogP contribution in [0.25, 0.3) is 10.8 Å². The minimum Gasteiger partial charge on any atom is -0.345 e. The number of nitrogens with one attached hydrogen (secondary N) is 2. The summed E-state index contributed by atoms with van der Waals surface area (Å²) < 4.78 is 29.1. The number of benzene rings is 3. The van der Waals surface area contributed by atoms with E-state index in [1.165, 1.54) is 6.07 Å². The van der Waals surface area contributed by atoms with Gasteiger partial charge in [0.15, 0.2) is 0 Å². The Kier molecular flexibility index (Phi) is 6.18. The van der Waals surface area contributed by atoms with Gasteiger partial charge in [0.2, 0.25) is 0 Å². The highest BCUT2D eigenvalue weighted by atomic mass is 32.2. The lowest BCUT2D eigenvalue weighted by Crippen LogP contribution is -2.29. The Morgan fingerprint density at radius 2 is 1.69 bits per heavy atom. The monoisotopic (exact) mass is 445 g/mol. The van der Waals surface area contributed by atoms with Crippen LogP contribution < -0.4 is 10.0 Å². The Hall–Kier alpha value is -3.71. The minimum absolute atomic E-state index is 0.128. The first-order valence-corrected chi connectivity index (χ1v) is 11.8. The summed E-state index contributed by atoms with van der Waals surface area (Å²) in [6, 6.07) is 22.8. The van der Waals surface area contributed by atoms with Crippen LogP contribution in [0.4, 0.5) is 5.69 Å². The number of hydrogen-bond acceptors (Lipinski definition) is 4. The lowest BCUT2D eigenvalue weighted by Gasteiger charge is -2.19. The van der Waals surface area contributed by atoms with E-state index in [1.54, 1.807) is 54.9 Å². The number of hydrogen-bond donors (Lipinski definition) is 2. The molecule has 0 saturated carbocycles. The SMILES string of the molecule is CCC(NC(=O)c1ccccc1NS(=O)(=O)c1cccc2cnccc12)c1ccccc1. The number of nitrogens with zero attached hydrogens (tertiary/aromatic N) is 1. The van der Waals surface area contributed by atoms with Gasteiger partial charge in [0, 0.05) is 23.2 Å². The minimum atomic E-state index is -3.94. The third-order valence-corrected chi connectivity index (χ3v) is 6.69. The molecular formula is C25H23N3O3S. The molecule has 0 aliphatic heterocycles. The normalized spacial score (nSPS) is 12.3. The Balaban J connectivity index is 1.64. The maximum absolute atomic E-state index is 13.2. The van der Waals surface area contributed by atoms with Crippen molar-refractivity contribution in [3.8, 4) is 0 Å². The van der Waals surface area contributed by atoms with Gasteiger partial charge in [0.1, 0.15) is 0 Å². The molecule has 1 amide bonds. The second kappa shape index (κ2) is 9.20. The highest BCUT2D eigenvalue weighted by Crippen LogP contribution is 2.26. The number of carbonyl (C=O) groups is 1. The van der Waals surface area contributed by atoms with Crippen molar-refractivity contribution in [1.29, 1.82) is 0 Å². The molecule has 4 rings (SSSR count). The largest absolute Gasteiger partial charge is 0.345 e. The average Bonchev–Trinajstić information content (AvgIpc) is 2.82. The molecular weight excluding hydrogens is 422 g/mol. The highest BCUT2D eigenvalue weighted by Gasteiger charge is 2.22. The van der Waals surface area contributed by atoms with Crippen LogP contribution in [0.2, 0.25) is 0 Å². The van der Waals surface area contributed by atoms with E-state index in [0.717, 1.165) is 10.9 Å². The number of anilines is 1. The van der Waals surface area contributed by atoms with Crippen LogP contribution in [0.5, 0.6) is 0 Å². The van der Waals surface area contributed by atoms with Crippen LogP contribution in [0, 0.1) is 0 Å². The Morgan fingerprint density at radius 3 is 2.47 bits per heavy atom.